The van der Waals surface area contributed by atoms with Gasteiger partial charge in [0.05, 0.1) is 18.2 Å². The number of hydrogen-bond donors (Lipinski definition) is 2. The smallest absolute Gasteiger partial charge is 0.172 e. The Bertz CT molecular complexity index is 1250. The lowest BCUT2D eigenvalue weighted by atomic mass is 9.83. The summed E-state index contributed by atoms with van der Waals surface area (Å²) < 4.78 is 12.0. The topological polar surface area (TPSA) is 50.7 Å². The molecule has 2 N–H and O–H groups in total. The van der Waals surface area contributed by atoms with Gasteiger partial charge in [-0.1, -0.05) is 42.5 Å². The molecule has 0 saturated carbocycles. The molecule has 0 radical (unpaired) electrons. The van der Waals surface area contributed by atoms with Crippen LogP contribution in [0.2, 0.25) is 0 Å². The van der Waals surface area contributed by atoms with Crippen LogP contribution >= 0.6 is 0 Å². The highest BCUT2D eigenvalue weighted by Gasteiger charge is 2.33. The van der Waals surface area contributed by atoms with Gasteiger partial charge < -0.3 is 19.9 Å². The van der Waals surface area contributed by atoms with Gasteiger partial charge in [-0.3, -0.25) is 0 Å². The minimum atomic E-state index is -0.141. The zero-order chi connectivity index (χ0) is 21.8. The van der Waals surface area contributed by atoms with Gasteiger partial charge in [-0.15, -0.1) is 0 Å². The van der Waals surface area contributed by atoms with Gasteiger partial charge in [-0.2, -0.15) is 0 Å². The van der Waals surface area contributed by atoms with Gasteiger partial charge in [0.2, 0.25) is 0 Å². The third-order valence-electron chi connectivity index (χ3n) is 5.77. The summed E-state index contributed by atoms with van der Waals surface area (Å²) in [4.78, 5) is 0. The maximum Gasteiger partial charge on any atom is 0.172 e. The Hall–Kier alpha value is -3.66. The number of benzene rings is 3. The van der Waals surface area contributed by atoms with Gasteiger partial charge in [0.25, 0.3) is 0 Å². The number of nitrogens with one attached hydrogen (secondary N) is 1. The molecule has 0 fully saturated rings. The van der Waals surface area contributed by atoms with Crippen LogP contribution in [-0.2, 0) is 0 Å². The molecule has 4 heteroatoms. The molecular weight excluding hydrogens is 386 g/mol. The minimum absolute atomic E-state index is 0.0931. The van der Waals surface area contributed by atoms with E-state index in [1.807, 2.05) is 18.2 Å². The first kappa shape index (κ1) is 19.3. The molecule has 0 bridgehead atoms. The van der Waals surface area contributed by atoms with Crippen molar-refractivity contribution < 1.29 is 14.6 Å². The predicted octanol–water partition coefficient (Wildman–Crippen LogP) is 6.57. The molecule has 0 atom stereocenters. The summed E-state index contributed by atoms with van der Waals surface area (Å²) in [7, 11) is 1.57. The standard InChI is InChI=1S/C27H25NO3/c1-16-15-27(2,3)28-19-11-10-18-24(23(16)19)22(14-17-8-6-5-7-9-17)31-21-13-12-20(29)26(30-4)25(18)21/h5-15,28-29H,1-4H3/b22-14+. The second-order valence-electron chi connectivity index (χ2n) is 8.60. The second-order valence-corrected chi connectivity index (χ2v) is 8.60. The molecule has 2 heterocycles. The molecule has 0 spiro atoms. The summed E-state index contributed by atoms with van der Waals surface area (Å²) in [6.07, 6.45) is 4.30. The summed E-state index contributed by atoms with van der Waals surface area (Å²) >= 11 is 0. The molecule has 4 nitrogen and oxygen atoms in total. The largest absolute Gasteiger partial charge is 0.504 e. The molecule has 0 unspecified atom stereocenters. The van der Waals surface area contributed by atoms with Crippen molar-refractivity contribution >= 4 is 23.1 Å². The number of aromatic hydroxyl groups is 1. The Labute approximate surface area is 182 Å². The molecule has 156 valence electrons. The fourth-order valence-corrected chi connectivity index (χ4v) is 4.65. The summed E-state index contributed by atoms with van der Waals surface area (Å²) in [6.45, 7) is 6.45. The highest BCUT2D eigenvalue weighted by atomic mass is 16.5. The summed E-state index contributed by atoms with van der Waals surface area (Å²) in [5, 5.41) is 14.1. The average molecular weight is 412 g/mol. The highest BCUT2D eigenvalue weighted by molar-refractivity contribution is 6.02. The minimum Gasteiger partial charge on any atom is -0.504 e. The molecule has 3 aromatic carbocycles. The molecule has 2 aliphatic heterocycles. The molecule has 0 aromatic heterocycles. The number of allylic oxidation sites excluding steroid dienone is 1. The second kappa shape index (κ2) is 6.95. The lowest BCUT2D eigenvalue weighted by molar-refractivity contribution is 0.371. The van der Waals surface area contributed by atoms with Gasteiger partial charge in [0.15, 0.2) is 11.5 Å². The number of phenolic OH excluding ortho intramolecular Hbond substituents is 1. The summed E-state index contributed by atoms with van der Waals surface area (Å²) in [5.74, 6) is 1.95. The van der Waals surface area contributed by atoms with Gasteiger partial charge >= 0.3 is 0 Å². The zero-order valence-corrected chi connectivity index (χ0v) is 18.1. The summed E-state index contributed by atoms with van der Waals surface area (Å²) in [5.41, 5.74) is 7.00. The van der Waals surface area contributed by atoms with E-state index in [1.165, 1.54) is 5.57 Å². The first-order valence-electron chi connectivity index (χ1n) is 10.4. The van der Waals surface area contributed by atoms with Gasteiger partial charge in [-0.05, 0) is 56.2 Å². The number of ether oxygens (including phenoxy) is 2. The van der Waals surface area contributed by atoms with Crippen LogP contribution < -0.4 is 14.8 Å². The van der Waals surface area contributed by atoms with Crippen molar-refractivity contribution in [3.05, 3.63) is 77.4 Å². The highest BCUT2D eigenvalue weighted by Crippen LogP contribution is 2.53. The number of hydrogen-bond acceptors (Lipinski definition) is 4. The Balaban J connectivity index is 1.84. The van der Waals surface area contributed by atoms with Crippen LogP contribution in [0.5, 0.6) is 17.2 Å². The molecule has 31 heavy (non-hydrogen) atoms. The van der Waals surface area contributed by atoms with Crippen molar-refractivity contribution in [2.45, 2.75) is 26.3 Å². The Morgan fingerprint density at radius 3 is 2.48 bits per heavy atom. The van der Waals surface area contributed by atoms with Crippen molar-refractivity contribution in [1.82, 2.24) is 0 Å². The third kappa shape index (κ3) is 3.15. The number of anilines is 1. The Kier molecular flexibility index (Phi) is 4.33. The van der Waals surface area contributed by atoms with Crippen LogP contribution in [0.4, 0.5) is 5.69 Å². The first-order chi connectivity index (χ1) is 14.9. The molecule has 2 aliphatic rings. The van der Waals surface area contributed by atoms with E-state index in [-0.39, 0.29) is 11.3 Å². The maximum absolute atomic E-state index is 10.4. The Morgan fingerprint density at radius 2 is 1.74 bits per heavy atom. The monoisotopic (exact) mass is 411 g/mol. The van der Waals surface area contributed by atoms with E-state index in [0.29, 0.717) is 11.5 Å². The van der Waals surface area contributed by atoms with Gasteiger partial charge in [-0.25, -0.2) is 0 Å². The number of fused-ring (bicyclic) bond motifs is 5. The summed E-state index contributed by atoms with van der Waals surface area (Å²) in [6, 6.07) is 17.7. The average Bonchev–Trinajstić information content (AvgIpc) is 2.73. The van der Waals surface area contributed by atoms with E-state index in [1.54, 1.807) is 19.2 Å². The van der Waals surface area contributed by atoms with Crippen LogP contribution in [0, 0.1) is 0 Å². The lowest BCUT2D eigenvalue weighted by Gasteiger charge is -2.35. The fraction of sp³-hybridized carbons (Fsp3) is 0.185. The normalized spacial score (nSPS) is 16.9. The van der Waals surface area contributed by atoms with Crippen LogP contribution in [0.1, 0.15) is 37.5 Å². The van der Waals surface area contributed by atoms with E-state index in [0.717, 1.165) is 39.3 Å². The van der Waals surface area contributed by atoms with Gasteiger partial charge in [0.1, 0.15) is 11.5 Å². The van der Waals surface area contributed by atoms with Crippen LogP contribution in [-0.4, -0.2) is 17.8 Å². The molecule has 0 saturated heterocycles. The van der Waals surface area contributed by atoms with Crippen LogP contribution in [0.25, 0.3) is 28.5 Å². The zero-order valence-electron chi connectivity index (χ0n) is 18.1. The van der Waals surface area contributed by atoms with Crippen molar-refractivity contribution in [2.24, 2.45) is 0 Å². The third-order valence-corrected chi connectivity index (χ3v) is 5.77. The predicted molar refractivity (Wildman–Crippen MR) is 126 cm³/mol. The number of methoxy groups -OCH3 is 1. The van der Waals surface area contributed by atoms with Crippen molar-refractivity contribution in [2.75, 3.05) is 12.4 Å². The van der Waals surface area contributed by atoms with E-state index in [2.05, 4.69) is 62.5 Å². The van der Waals surface area contributed by atoms with Gasteiger partial charge in [0, 0.05) is 22.4 Å². The van der Waals surface area contributed by atoms with Crippen LogP contribution in [0.15, 0.2) is 60.7 Å². The van der Waals surface area contributed by atoms with E-state index in [9.17, 15) is 5.11 Å². The lowest BCUT2D eigenvalue weighted by Crippen LogP contribution is -2.32. The first-order valence-corrected chi connectivity index (χ1v) is 10.4. The fourth-order valence-electron chi connectivity index (χ4n) is 4.65. The molecule has 0 amide bonds. The van der Waals surface area contributed by atoms with Crippen molar-refractivity contribution in [1.29, 1.82) is 0 Å². The Morgan fingerprint density at radius 1 is 0.968 bits per heavy atom. The quantitative estimate of drug-likeness (QED) is 0.501. The molecular formula is C27H25NO3. The van der Waals surface area contributed by atoms with E-state index < -0.39 is 0 Å². The van der Waals surface area contributed by atoms with E-state index in [4.69, 9.17) is 9.47 Å². The van der Waals surface area contributed by atoms with E-state index >= 15 is 0 Å². The number of rotatable bonds is 2. The van der Waals surface area contributed by atoms with Crippen molar-refractivity contribution in [3.8, 4) is 28.4 Å². The van der Waals surface area contributed by atoms with Crippen LogP contribution in [0.3, 0.4) is 0 Å². The molecule has 3 aromatic rings. The number of phenols is 1. The maximum atomic E-state index is 10.4. The SMILES string of the molecule is COc1c(O)ccc2c1-c1ccc3c(c1/C(=C\c1ccccc1)O2)C(C)=CC(C)(C)N3. The molecule has 0 aliphatic carbocycles. The molecule has 5 rings (SSSR count). The van der Waals surface area contributed by atoms with Crippen molar-refractivity contribution in [3.63, 3.8) is 0 Å².